The number of benzene rings is 1. The Hall–Kier alpha value is -1.02. The van der Waals surface area contributed by atoms with Gasteiger partial charge in [0.15, 0.2) is 0 Å². The number of nitrogens with two attached hydrogens (primary N) is 1. The van der Waals surface area contributed by atoms with Gasteiger partial charge in [-0.05, 0) is 44.9 Å². The van der Waals surface area contributed by atoms with Crippen LogP contribution in [0.15, 0.2) is 18.2 Å². The van der Waals surface area contributed by atoms with Gasteiger partial charge in [-0.15, -0.1) is 0 Å². The van der Waals surface area contributed by atoms with Gasteiger partial charge >= 0.3 is 0 Å². The van der Waals surface area contributed by atoms with Crippen molar-refractivity contribution in [2.45, 2.75) is 39.9 Å². The molecule has 0 amide bonds. The summed E-state index contributed by atoms with van der Waals surface area (Å²) in [7, 11) is 0. The summed E-state index contributed by atoms with van der Waals surface area (Å²) in [4.78, 5) is 0. The first-order valence-corrected chi connectivity index (χ1v) is 4.87. The van der Waals surface area contributed by atoms with Gasteiger partial charge in [-0.1, -0.05) is 12.1 Å². The van der Waals surface area contributed by atoms with Crippen LogP contribution >= 0.6 is 0 Å². The molecular formula is C12H19NO. The molecule has 0 saturated heterocycles. The molecule has 0 radical (unpaired) electrons. The minimum atomic E-state index is -0.0976. The van der Waals surface area contributed by atoms with Gasteiger partial charge in [0.1, 0.15) is 0 Å². The smallest absolute Gasteiger partial charge is 0.0724 e. The van der Waals surface area contributed by atoms with Crippen molar-refractivity contribution in [3.05, 3.63) is 29.3 Å². The molecule has 2 N–H and O–H groups in total. The van der Waals surface area contributed by atoms with Crippen molar-refractivity contribution >= 4 is 5.69 Å². The van der Waals surface area contributed by atoms with Gasteiger partial charge in [0, 0.05) is 5.69 Å². The third-order valence-corrected chi connectivity index (χ3v) is 2.02. The molecule has 78 valence electrons. The first kappa shape index (κ1) is 11.1. The van der Waals surface area contributed by atoms with Crippen LogP contribution in [0.2, 0.25) is 0 Å². The van der Waals surface area contributed by atoms with E-state index < -0.39 is 0 Å². The standard InChI is InChI=1S/C12H19NO/c1-9-5-6-10(7-11(9)13)8-14-12(2,3)4/h5-7H,8,13H2,1-4H3. The molecule has 0 fully saturated rings. The number of hydrogen-bond acceptors (Lipinski definition) is 2. The average Bonchev–Trinajstić information content (AvgIpc) is 2.06. The van der Waals surface area contributed by atoms with Crippen LogP contribution in [-0.4, -0.2) is 5.60 Å². The largest absolute Gasteiger partial charge is 0.399 e. The molecule has 1 rings (SSSR count). The van der Waals surface area contributed by atoms with E-state index in [-0.39, 0.29) is 5.60 Å². The lowest BCUT2D eigenvalue weighted by molar-refractivity contribution is -0.0149. The molecule has 2 heteroatoms. The number of hydrogen-bond donors (Lipinski definition) is 1. The Morgan fingerprint density at radius 1 is 1.29 bits per heavy atom. The number of anilines is 1. The fourth-order valence-corrected chi connectivity index (χ4v) is 1.08. The third-order valence-electron chi connectivity index (χ3n) is 2.02. The molecule has 0 aromatic heterocycles. The average molecular weight is 193 g/mol. The number of aryl methyl sites for hydroxylation is 1. The normalized spacial score (nSPS) is 11.7. The molecule has 0 unspecified atom stereocenters. The van der Waals surface area contributed by atoms with Crippen molar-refractivity contribution in [1.29, 1.82) is 0 Å². The predicted molar refractivity (Wildman–Crippen MR) is 60.1 cm³/mol. The van der Waals surface area contributed by atoms with Crippen molar-refractivity contribution in [2.24, 2.45) is 0 Å². The molecule has 1 aromatic carbocycles. The fourth-order valence-electron chi connectivity index (χ4n) is 1.08. The maximum Gasteiger partial charge on any atom is 0.0724 e. The highest BCUT2D eigenvalue weighted by Gasteiger charge is 2.10. The van der Waals surface area contributed by atoms with Crippen molar-refractivity contribution in [3.8, 4) is 0 Å². The zero-order valence-corrected chi connectivity index (χ0v) is 9.42. The van der Waals surface area contributed by atoms with Gasteiger partial charge in [-0.25, -0.2) is 0 Å². The second-order valence-electron chi connectivity index (χ2n) is 4.59. The summed E-state index contributed by atoms with van der Waals surface area (Å²) in [6, 6.07) is 6.05. The van der Waals surface area contributed by atoms with Gasteiger partial charge in [0.2, 0.25) is 0 Å². The zero-order chi connectivity index (χ0) is 10.8. The molecular weight excluding hydrogens is 174 g/mol. The summed E-state index contributed by atoms with van der Waals surface area (Å²) < 4.78 is 5.65. The molecule has 0 saturated carbocycles. The lowest BCUT2D eigenvalue weighted by atomic mass is 10.1. The molecule has 2 nitrogen and oxygen atoms in total. The fraction of sp³-hybridized carbons (Fsp3) is 0.500. The van der Waals surface area contributed by atoms with Crippen LogP contribution in [0.1, 0.15) is 31.9 Å². The van der Waals surface area contributed by atoms with E-state index in [1.807, 2.05) is 39.8 Å². The van der Waals surface area contributed by atoms with Crippen LogP contribution < -0.4 is 5.73 Å². The Kier molecular flexibility index (Phi) is 3.17. The van der Waals surface area contributed by atoms with Gasteiger partial charge < -0.3 is 10.5 Å². The van der Waals surface area contributed by atoms with Crippen LogP contribution in [0.3, 0.4) is 0 Å². The highest BCUT2D eigenvalue weighted by molar-refractivity contribution is 5.48. The van der Waals surface area contributed by atoms with Crippen molar-refractivity contribution in [1.82, 2.24) is 0 Å². The summed E-state index contributed by atoms with van der Waals surface area (Å²) in [5.74, 6) is 0. The summed E-state index contributed by atoms with van der Waals surface area (Å²) in [5, 5.41) is 0. The molecule has 0 atom stereocenters. The van der Waals surface area contributed by atoms with E-state index in [0.717, 1.165) is 16.8 Å². The quantitative estimate of drug-likeness (QED) is 0.733. The van der Waals surface area contributed by atoms with E-state index in [1.165, 1.54) is 0 Å². The van der Waals surface area contributed by atoms with Gasteiger partial charge in [0.05, 0.1) is 12.2 Å². The Morgan fingerprint density at radius 3 is 2.43 bits per heavy atom. The lowest BCUT2D eigenvalue weighted by Crippen LogP contribution is -2.18. The SMILES string of the molecule is Cc1ccc(COC(C)(C)C)cc1N. The Bertz CT molecular complexity index is 313. The minimum absolute atomic E-state index is 0.0976. The summed E-state index contributed by atoms with van der Waals surface area (Å²) in [6.45, 7) is 8.76. The van der Waals surface area contributed by atoms with Crippen molar-refractivity contribution in [3.63, 3.8) is 0 Å². The number of nitrogen functional groups attached to an aromatic ring is 1. The summed E-state index contributed by atoms with van der Waals surface area (Å²) >= 11 is 0. The third kappa shape index (κ3) is 3.38. The van der Waals surface area contributed by atoms with E-state index in [9.17, 15) is 0 Å². The topological polar surface area (TPSA) is 35.2 Å². The lowest BCUT2D eigenvalue weighted by Gasteiger charge is -2.19. The summed E-state index contributed by atoms with van der Waals surface area (Å²) in [5.41, 5.74) is 8.78. The molecule has 0 spiro atoms. The monoisotopic (exact) mass is 193 g/mol. The Morgan fingerprint density at radius 2 is 1.93 bits per heavy atom. The van der Waals surface area contributed by atoms with Gasteiger partial charge in [-0.3, -0.25) is 0 Å². The van der Waals surface area contributed by atoms with Crippen molar-refractivity contribution in [2.75, 3.05) is 5.73 Å². The molecule has 0 bridgehead atoms. The molecule has 0 heterocycles. The molecule has 1 aromatic rings. The Balaban J connectivity index is 2.65. The molecule has 0 aliphatic rings. The molecule has 14 heavy (non-hydrogen) atoms. The second kappa shape index (κ2) is 4.01. The maximum atomic E-state index is 5.80. The van der Waals surface area contributed by atoms with Gasteiger partial charge in [0.25, 0.3) is 0 Å². The van der Waals surface area contributed by atoms with Crippen LogP contribution in [0, 0.1) is 6.92 Å². The Labute approximate surface area is 86.1 Å². The minimum Gasteiger partial charge on any atom is -0.399 e. The predicted octanol–water partition coefficient (Wildman–Crippen LogP) is 2.89. The first-order valence-electron chi connectivity index (χ1n) is 4.87. The van der Waals surface area contributed by atoms with E-state index in [1.54, 1.807) is 0 Å². The first-order chi connectivity index (χ1) is 6.38. The van der Waals surface area contributed by atoms with Crippen LogP contribution in [0.25, 0.3) is 0 Å². The summed E-state index contributed by atoms with van der Waals surface area (Å²) in [6.07, 6.45) is 0. The maximum absolute atomic E-state index is 5.80. The molecule has 0 aliphatic carbocycles. The highest BCUT2D eigenvalue weighted by Crippen LogP contribution is 2.16. The van der Waals surface area contributed by atoms with Gasteiger partial charge in [-0.2, -0.15) is 0 Å². The van der Waals surface area contributed by atoms with Crippen LogP contribution in [0.5, 0.6) is 0 Å². The van der Waals surface area contributed by atoms with E-state index in [0.29, 0.717) is 6.61 Å². The van der Waals surface area contributed by atoms with E-state index >= 15 is 0 Å². The molecule has 0 aliphatic heterocycles. The highest BCUT2D eigenvalue weighted by atomic mass is 16.5. The zero-order valence-electron chi connectivity index (χ0n) is 9.42. The number of rotatable bonds is 2. The van der Waals surface area contributed by atoms with E-state index in [2.05, 4.69) is 6.07 Å². The number of ether oxygens (including phenoxy) is 1. The van der Waals surface area contributed by atoms with Crippen LogP contribution in [-0.2, 0) is 11.3 Å². The van der Waals surface area contributed by atoms with Crippen molar-refractivity contribution < 1.29 is 4.74 Å². The van der Waals surface area contributed by atoms with E-state index in [4.69, 9.17) is 10.5 Å². The van der Waals surface area contributed by atoms with Crippen LogP contribution in [0.4, 0.5) is 5.69 Å². The second-order valence-corrected chi connectivity index (χ2v) is 4.59.